The number of aromatic nitrogens is 1. The Kier molecular flexibility index (Phi) is 5.13. The fourth-order valence-electron chi connectivity index (χ4n) is 2.09. The summed E-state index contributed by atoms with van der Waals surface area (Å²) >= 11 is 1.09. The van der Waals surface area contributed by atoms with Gasteiger partial charge in [0.05, 0.1) is 17.3 Å². The highest BCUT2D eigenvalue weighted by molar-refractivity contribution is 7.22. The van der Waals surface area contributed by atoms with Gasteiger partial charge in [-0.1, -0.05) is 11.3 Å². The highest BCUT2D eigenvalue weighted by Crippen LogP contribution is 2.30. The molecule has 0 unspecified atom stereocenters. The summed E-state index contributed by atoms with van der Waals surface area (Å²) in [5.41, 5.74) is 0.566. The number of carbonyl (C=O) groups excluding carboxylic acids is 1. The van der Waals surface area contributed by atoms with Crippen molar-refractivity contribution in [3.8, 4) is 11.5 Å². The van der Waals surface area contributed by atoms with E-state index < -0.39 is 47.3 Å². The molecule has 0 fully saturated rings. The van der Waals surface area contributed by atoms with Gasteiger partial charge in [-0.15, -0.1) is 0 Å². The smallest absolute Gasteiger partial charge is 0.264 e. The van der Waals surface area contributed by atoms with E-state index in [9.17, 15) is 26.7 Å². The standard InChI is InChI=1S/C16H9F5N2O3S/c1-25-6-2-3-7-8(4-6)27-16(22-7)23-9(24)5-26-15-13(20)11(18)10(17)12(19)14(15)21/h2-4H,5H2,1H3,(H,22,23,24). The molecule has 27 heavy (non-hydrogen) atoms. The van der Waals surface area contributed by atoms with Crippen molar-refractivity contribution < 1.29 is 36.2 Å². The van der Waals surface area contributed by atoms with Crippen LogP contribution in [0.4, 0.5) is 27.1 Å². The number of rotatable bonds is 5. The molecule has 2 aromatic carbocycles. The van der Waals surface area contributed by atoms with E-state index in [-0.39, 0.29) is 5.13 Å². The highest BCUT2D eigenvalue weighted by atomic mass is 32.1. The van der Waals surface area contributed by atoms with Crippen LogP contribution in [0.1, 0.15) is 0 Å². The van der Waals surface area contributed by atoms with Crippen molar-refractivity contribution in [2.75, 3.05) is 19.0 Å². The first-order valence-corrected chi connectivity index (χ1v) is 8.02. The Morgan fingerprint density at radius 2 is 1.70 bits per heavy atom. The molecule has 1 N–H and O–H groups in total. The van der Waals surface area contributed by atoms with E-state index in [4.69, 9.17) is 4.74 Å². The number of amides is 1. The maximum Gasteiger partial charge on any atom is 0.264 e. The van der Waals surface area contributed by atoms with Crippen LogP contribution in [0.25, 0.3) is 10.2 Å². The van der Waals surface area contributed by atoms with Crippen LogP contribution in [-0.2, 0) is 4.79 Å². The number of halogens is 5. The molecule has 142 valence electrons. The third-order valence-electron chi connectivity index (χ3n) is 3.36. The van der Waals surface area contributed by atoms with E-state index in [1.807, 2.05) is 0 Å². The Balaban J connectivity index is 1.72. The quantitative estimate of drug-likeness (QED) is 0.397. The van der Waals surface area contributed by atoms with E-state index >= 15 is 0 Å². The van der Waals surface area contributed by atoms with Gasteiger partial charge >= 0.3 is 0 Å². The Bertz CT molecular complexity index is 1010. The second kappa shape index (κ2) is 7.35. The summed E-state index contributed by atoms with van der Waals surface area (Å²) in [7, 11) is 1.49. The van der Waals surface area contributed by atoms with Crippen LogP contribution in [0.5, 0.6) is 11.5 Å². The summed E-state index contributed by atoms with van der Waals surface area (Å²) in [4.78, 5) is 16.0. The minimum Gasteiger partial charge on any atom is -0.497 e. The number of benzene rings is 2. The van der Waals surface area contributed by atoms with Crippen molar-refractivity contribution in [3.63, 3.8) is 0 Å². The molecule has 0 bridgehead atoms. The lowest BCUT2D eigenvalue weighted by Gasteiger charge is -2.09. The van der Waals surface area contributed by atoms with Crippen molar-refractivity contribution >= 4 is 32.6 Å². The number of hydrogen-bond donors (Lipinski definition) is 1. The summed E-state index contributed by atoms with van der Waals surface area (Å²) < 4.78 is 76.4. The Hall–Kier alpha value is -2.95. The number of carbonyl (C=O) groups is 1. The first kappa shape index (κ1) is 18.8. The molecule has 0 radical (unpaired) electrons. The molecular formula is C16H9F5N2O3S. The topological polar surface area (TPSA) is 60.5 Å². The average molecular weight is 404 g/mol. The molecule has 0 spiro atoms. The van der Waals surface area contributed by atoms with E-state index in [1.54, 1.807) is 18.2 Å². The largest absolute Gasteiger partial charge is 0.497 e. The minimum absolute atomic E-state index is 0.157. The summed E-state index contributed by atoms with van der Waals surface area (Å²) in [5.74, 6) is -12.8. The molecule has 1 amide bonds. The zero-order valence-corrected chi connectivity index (χ0v) is 14.2. The van der Waals surface area contributed by atoms with Gasteiger partial charge in [-0.25, -0.2) is 18.2 Å². The van der Waals surface area contributed by atoms with Crippen LogP contribution in [-0.4, -0.2) is 24.6 Å². The second-order valence-corrected chi connectivity index (χ2v) is 6.12. The maximum atomic E-state index is 13.5. The zero-order valence-electron chi connectivity index (χ0n) is 13.4. The van der Waals surface area contributed by atoms with Crippen molar-refractivity contribution in [2.24, 2.45) is 0 Å². The monoisotopic (exact) mass is 404 g/mol. The Morgan fingerprint density at radius 3 is 2.33 bits per heavy atom. The van der Waals surface area contributed by atoms with Gasteiger partial charge in [-0.2, -0.15) is 8.78 Å². The molecule has 0 atom stereocenters. The molecule has 0 aliphatic heterocycles. The normalized spacial score (nSPS) is 10.9. The fourth-order valence-corrected chi connectivity index (χ4v) is 3.00. The van der Waals surface area contributed by atoms with Gasteiger partial charge in [-0.3, -0.25) is 10.1 Å². The van der Waals surface area contributed by atoms with Crippen LogP contribution in [0, 0.1) is 29.1 Å². The molecule has 0 aliphatic carbocycles. The van der Waals surface area contributed by atoms with E-state index in [0.717, 1.165) is 11.3 Å². The first-order valence-electron chi connectivity index (χ1n) is 7.20. The van der Waals surface area contributed by atoms with Gasteiger partial charge in [0.1, 0.15) is 5.75 Å². The van der Waals surface area contributed by atoms with E-state index in [2.05, 4.69) is 15.0 Å². The van der Waals surface area contributed by atoms with Crippen LogP contribution in [0.15, 0.2) is 18.2 Å². The predicted molar refractivity (Wildman–Crippen MR) is 86.5 cm³/mol. The van der Waals surface area contributed by atoms with Gasteiger partial charge in [-0.05, 0) is 18.2 Å². The van der Waals surface area contributed by atoms with Gasteiger partial charge in [0.25, 0.3) is 5.91 Å². The van der Waals surface area contributed by atoms with Crippen LogP contribution >= 0.6 is 11.3 Å². The number of hydrogen-bond acceptors (Lipinski definition) is 5. The van der Waals surface area contributed by atoms with Gasteiger partial charge in [0.15, 0.2) is 17.5 Å². The average Bonchev–Trinajstić information content (AvgIpc) is 3.05. The van der Waals surface area contributed by atoms with Crippen molar-refractivity contribution in [1.82, 2.24) is 4.98 Å². The van der Waals surface area contributed by atoms with E-state index in [1.165, 1.54) is 7.11 Å². The number of nitrogens with one attached hydrogen (secondary N) is 1. The van der Waals surface area contributed by atoms with Crippen molar-refractivity contribution in [2.45, 2.75) is 0 Å². The van der Waals surface area contributed by atoms with Gasteiger partial charge in [0, 0.05) is 0 Å². The number of methoxy groups -OCH3 is 1. The fraction of sp³-hybridized carbons (Fsp3) is 0.125. The molecule has 1 aromatic heterocycles. The molecular weight excluding hydrogens is 395 g/mol. The van der Waals surface area contributed by atoms with Crippen LogP contribution in [0.3, 0.4) is 0 Å². The summed E-state index contributed by atoms with van der Waals surface area (Å²) in [6, 6.07) is 5.01. The van der Waals surface area contributed by atoms with Gasteiger partial charge < -0.3 is 9.47 Å². The Labute approximate surface area is 152 Å². The summed E-state index contributed by atoms with van der Waals surface area (Å²) in [6.07, 6.45) is 0. The lowest BCUT2D eigenvalue weighted by atomic mass is 10.2. The minimum atomic E-state index is -2.31. The summed E-state index contributed by atoms with van der Waals surface area (Å²) in [6.45, 7) is -0.988. The predicted octanol–water partition coefficient (Wildman–Crippen LogP) is 4.02. The molecule has 0 saturated heterocycles. The molecule has 0 saturated carbocycles. The van der Waals surface area contributed by atoms with E-state index in [0.29, 0.717) is 16.0 Å². The molecule has 3 rings (SSSR count). The maximum absolute atomic E-state index is 13.5. The Morgan fingerprint density at radius 1 is 1.07 bits per heavy atom. The molecule has 0 aliphatic rings. The molecule has 3 aromatic rings. The third-order valence-corrected chi connectivity index (χ3v) is 4.29. The first-order chi connectivity index (χ1) is 12.8. The SMILES string of the molecule is COc1ccc2nc(NC(=O)COc3c(F)c(F)c(F)c(F)c3F)sc2c1. The van der Waals surface area contributed by atoms with Crippen molar-refractivity contribution in [1.29, 1.82) is 0 Å². The lowest BCUT2D eigenvalue weighted by Crippen LogP contribution is -2.21. The van der Waals surface area contributed by atoms with Crippen LogP contribution < -0.4 is 14.8 Å². The molecule has 5 nitrogen and oxygen atoms in total. The number of fused-ring (bicyclic) bond motifs is 1. The number of nitrogens with zero attached hydrogens (tertiary/aromatic N) is 1. The van der Waals surface area contributed by atoms with Crippen LogP contribution in [0.2, 0.25) is 0 Å². The lowest BCUT2D eigenvalue weighted by molar-refractivity contribution is -0.118. The molecule has 1 heterocycles. The second-order valence-electron chi connectivity index (χ2n) is 5.09. The van der Waals surface area contributed by atoms with Crippen molar-refractivity contribution in [3.05, 3.63) is 47.3 Å². The number of thiazole rings is 1. The number of ether oxygens (including phenoxy) is 2. The number of anilines is 1. The molecule has 11 heteroatoms. The highest BCUT2D eigenvalue weighted by Gasteiger charge is 2.27. The third kappa shape index (κ3) is 3.63. The zero-order chi connectivity index (χ0) is 19.7. The summed E-state index contributed by atoms with van der Waals surface area (Å²) in [5, 5.41) is 2.47. The van der Waals surface area contributed by atoms with Gasteiger partial charge in [0.2, 0.25) is 29.1 Å².